The van der Waals surface area contributed by atoms with Crippen molar-refractivity contribution >= 4 is 17.5 Å². The molecular formula is C16H15FO2S. The van der Waals surface area contributed by atoms with Crippen LogP contribution in [0, 0.1) is 5.82 Å². The zero-order chi connectivity index (χ0) is 14.5. The average molecular weight is 290 g/mol. The minimum absolute atomic E-state index is 0.108. The number of ketones is 1. The summed E-state index contributed by atoms with van der Waals surface area (Å²) in [5.41, 5.74) is 1.28. The van der Waals surface area contributed by atoms with E-state index in [9.17, 15) is 9.18 Å². The third kappa shape index (κ3) is 3.39. The van der Waals surface area contributed by atoms with Crippen molar-refractivity contribution in [3.8, 4) is 5.75 Å². The van der Waals surface area contributed by atoms with Gasteiger partial charge in [0, 0.05) is 16.9 Å². The molecule has 0 aliphatic heterocycles. The van der Waals surface area contributed by atoms with Gasteiger partial charge in [0.15, 0.2) is 17.3 Å². The molecule has 0 radical (unpaired) electrons. The summed E-state index contributed by atoms with van der Waals surface area (Å²) in [6.45, 7) is 0. The molecule has 0 bridgehead atoms. The van der Waals surface area contributed by atoms with Gasteiger partial charge in [0.05, 0.1) is 7.11 Å². The van der Waals surface area contributed by atoms with Crippen molar-refractivity contribution in [2.24, 2.45) is 0 Å². The van der Waals surface area contributed by atoms with E-state index < -0.39 is 5.82 Å². The maximum Gasteiger partial charge on any atom is 0.167 e. The number of hydrogen-bond acceptors (Lipinski definition) is 3. The first kappa shape index (κ1) is 14.6. The summed E-state index contributed by atoms with van der Waals surface area (Å²) in [5, 5.41) is 0. The molecule has 0 amide bonds. The first-order valence-electron chi connectivity index (χ1n) is 6.13. The Morgan fingerprint density at radius 2 is 1.90 bits per heavy atom. The molecule has 2 nitrogen and oxygen atoms in total. The van der Waals surface area contributed by atoms with Crippen molar-refractivity contribution in [1.29, 1.82) is 0 Å². The number of halogens is 1. The van der Waals surface area contributed by atoms with Crippen molar-refractivity contribution in [1.82, 2.24) is 0 Å². The lowest BCUT2D eigenvalue weighted by Gasteiger charge is -2.05. The SMILES string of the molecule is COc1ccc(C(=O)Cc2ccc(SC)cc2)cc1F. The average Bonchev–Trinajstić information content (AvgIpc) is 2.48. The van der Waals surface area contributed by atoms with Crippen LogP contribution < -0.4 is 4.74 Å². The van der Waals surface area contributed by atoms with E-state index in [0.29, 0.717) is 5.56 Å². The molecule has 0 aromatic heterocycles. The van der Waals surface area contributed by atoms with E-state index in [-0.39, 0.29) is 18.0 Å². The Kier molecular flexibility index (Phi) is 4.79. The number of thioether (sulfide) groups is 1. The lowest BCUT2D eigenvalue weighted by molar-refractivity contribution is 0.0992. The van der Waals surface area contributed by atoms with Crippen LogP contribution in [0.5, 0.6) is 5.75 Å². The molecule has 4 heteroatoms. The minimum Gasteiger partial charge on any atom is -0.494 e. The second-order valence-electron chi connectivity index (χ2n) is 4.30. The number of ether oxygens (including phenoxy) is 1. The fraction of sp³-hybridized carbons (Fsp3) is 0.188. The third-order valence-electron chi connectivity index (χ3n) is 3.00. The van der Waals surface area contributed by atoms with Crippen LogP contribution in [0.2, 0.25) is 0 Å². The Labute approximate surface area is 122 Å². The van der Waals surface area contributed by atoms with Gasteiger partial charge >= 0.3 is 0 Å². The van der Waals surface area contributed by atoms with Crippen LogP contribution in [0.4, 0.5) is 4.39 Å². The third-order valence-corrected chi connectivity index (χ3v) is 3.74. The highest BCUT2D eigenvalue weighted by atomic mass is 32.2. The normalized spacial score (nSPS) is 10.3. The van der Waals surface area contributed by atoms with E-state index in [1.807, 2.05) is 30.5 Å². The molecule has 0 saturated carbocycles. The molecule has 0 atom stereocenters. The number of benzene rings is 2. The van der Waals surface area contributed by atoms with E-state index in [4.69, 9.17) is 4.74 Å². The molecule has 0 N–H and O–H groups in total. The van der Waals surface area contributed by atoms with Crippen molar-refractivity contribution in [2.75, 3.05) is 13.4 Å². The topological polar surface area (TPSA) is 26.3 Å². The van der Waals surface area contributed by atoms with Crippen LogP contribution in [0.3, 0.4) is 0 Å². The van der Waals surface area contributed by atoms with Crippen molar-refractivity contribution in [3.05, 3.63) is 59.4 Å². The molecule has 104 valence electrons. The highest BCUT2D eigenvalue weighted by Crippen LogP contribution is 2.20. The van der Waals surface area contributed by atoms with E-state index in [0.717, 1.165) is 10.5 Å². The molecule has 0 unspecified atom stereocenters. The molecular weight excluding hydrogens is 275 g/mol. The van der Waals surface area contributed by atoms with Crippen LogP contribution in [0.25, 0.3) is 0 Å². The van der Waals surface area contributed by atoms with E-state index in [2.05, 4.69) is 0 Å². The molecule has 0 saturated heterocycles. The zero-order valence-electron chi connectivity index (χ0n) is 11.4. The van der Waals surface area contributed by atoms with Crippen LogP contribution >= 0.6 is 11.8 Å². The molecule has 0 heterocycles. The molecule has 2 aromatic carbocycles. The summed E-state index contributed by atoms with van der Waals surface area (Å²) < 4.78 is 18.4. The summed E-state index contributed by atoms with van der Waals surface area (Å²) in [7, 11) is 1.40. The molecule has 2 rings (SSSR count). The Morgan fingerprint density at radius 1 is 1.20 bits per heavy atom. The van der Waals surface area contributed by atoms with E-state index in [1.165, 1.54) is 19.2 Å². The van der Waals surface area contributed by atoms with Gasteiger partial charge in [-0.2, -0.15) is 0 Å². The van der Waals surface area contributed by atoms with Crippen LogP contribution in [-0.2, 0) is 6.42 Å². The number of carbonyl (C=O) groups excluding carboxylic acids is 1. The van der Waals surface area contributed by atoms with Crippen LogP contribution in [0.1, 0.15) is 15.9 Å². The molecule has 20 heavy (non-hydrogen) atoms. The summed E-state index contributed by atoms with van der Waals surface area (Å²) in [5.74, 6) is -0.481. The van der Waals surface area contributed by atoms with Gasteiger partial charge in [-0.3, -0.25) is 4.79 Å². The van der Waals surface area contributed by atoms with Gasteiger partial charge in [0.2, 0.25) is 0 Å². The van der Waals surface area contributed by atoms with Crippen molar-refractivity contribution in [2.45, 2.75) is 11.3 Å². The molecule has 0 aliphatic rings. The summed E-state index contributed by atoms with van der Waals surface area (Å²) in [4.78, 5) is 13.3. The highest BCUT2D eigenvalue weighted by Gasteiger charge is 2.11. The van der Waals surface area contributed by atoms with Gasteiger partial charge in [-0.1, -0.05) is 12.1 Å². The second-order valence-corrected chi connectivity index (χ2v) is 5.18. The maximum absolute atomic E-state index is 13.6. The summed E-state index contributed by atoms with van der Waals surface area (Å²) >= 11 is 1.65. The molecule has 0 spiro atoms. The Balaban J connectivity index is 2.12. The summed E-state index contributed by atoms with van der Waals surface area (Å²) in [6.07, 6.45) is 2.26. The zero-order valence-corrected chi connectivity index (χ0v) is 12.2. The number of rotatable bonds is 5. The van der Waals surface area contributed by atoms with Gasteiger partial charge in [0.1, 0.15) is 0 Å². The van der Waals surface area contributed by atoms with Gasteiger partial charge < -0.3 is 4.74 Å². The fourth-order valence-electron chi connectivity index (χ4n) is 1.87. The number of carbonyl (C=O) groups is 1. The number of Topliss-reactive ketones (excluding diaryl/α,β-unsaturated/α-hetero) is 1. The van der Waals surface area contributed by atoms with Crippen LogP contribution in [0.15, 0.2) is 47.4 Å². The smallest absolute Gasteiger partial charge is 0.167 e. The number of hydrogen-bond donors (Lipinski definition) is 0. The van der Waals surface area contributed by atoms with Crippen LogP contribution in [-0.4, -0.2) is 19.1 Å². The van der Waals surface area contributed by atoms with E-state index in [1.54, 1.807) is 17.8 Å². The van der Waals surface area contributed by atoms with Crippen molar-refractivity contribution in [3.63, 3.8) is 0 Å². The predicted octanol–water partition coefficient (Wildman–Crippen LogP) is 3.98. The fourth-order valence-corrected chi connectivity index (χ4v) is 2.28. The first-order chi connectivity index (χ1) is 9.63. The Morgan fingerprint density at radius 3 is 2.45 bits per heavy atom. The molecule has 0 fully saturated rings. The standard InChI is InChI=1S/C16H15FO2S/c1-19-16-8-5-12(10-14(16)17)15(18)9-11-3-6-13(20-2)7-4-11/h3-8,10H,9H2,1-2H3. The van der Waals surface area contributed by atoms with Crippen molar-refractivity contribution < 1.29 is 13.9 Å². The Bertz CT molecular complexity index is 608. The van der Waals surface area contributed by atoms with Gasteiger partial charge in [-0.15, -0.1) is 11.8 Å². The minimum atomic E-state index is -0.518. The quantitative estimate of drug-likeness (QED) is 0.615. The second kappa shape index (κ2) is 6.57. The predicted molar refractivity (Wildman–Crippen MR) is 79.2 cm³/mol. The maximum atomic E-state index is 13.6. The highest BCUT2D eigenvalue weighted by molar-refractivity contribution is 7.98. The first-order valence-corrected chi connectivity index (χ1v) is 7.36. The lowest BCUT2D eigenvalue weighted by Crippen LogP contribution is -2.04. The monoisotopic (exact) mass is 290 g/mol. The van der Waals surface area contributed by atoms with Gasteiger partial charge in [-0.25, -0.2) is 4.39 Å². The number of methoxy groups -OCH3 is 1. The Hall–Kier alpha value is -1.81. The van der Waals surface area contributed by atoms with Gasteiger partial charge in [0.25, 0.3) is 0 Å². The lowest BCUT2D eigenvalue weighted by atomic mass is 10.0. The largest absolute Gasteiger partial charge is 0.494 e. The van der Waals surface area contributed by atoms with E-state index >= 15 is 0 Å². The summed E-state index contributed by atoms with van der Waals surface area (Å²) in [6, 6.07) is 12.1. The molecule has 0 aliphatic carbocycles. The van der Waals surface area contributed by atoms with Gasteiger partial charge in [-0.05, 0) is 42.2 Å². The molecule has 2 aromatic rings.